The lowest BCUT2D eigenvalue weighted by atomic mass is 9.98. The van der Waals surface area contributed by atoms with Crippen LogP contribution in [0.1, 0.15) is 29.3 Å². The van der Waals surface area contributed by atoms with Crippen molar-refractivity contribution >= 4 is 23.5 Å². The minimum atomic E-state index is -0.287. The number of carbonyl (C=O) groups is 3. The Morgan fingerprint density at radius 2 is 1.92 bits per heavy atom. The van der Waals surface area contributed by atoms with E-state index in [1.807, 2.05) is 6.07 Å². The molecule has 1 fully saturated rings. The highest BCUT2D eigenvalue weighted by atomic mass is 16.6. The maximum absolute atomic E-state index is 12.5. The molecule has 1 aromatic rings. The first-order valence-electron chi connectivity index (χ1n) is 8.67. The topological polar surface area (TPSA) is 79.0 Å². The molecule has 0 unspecified atom stereocenters. The number of nitrogens with one attached hydrogen (secondary N) is 1. The van der Waals surface area contributed by atoms with Crippen molar-refractivity contribution in [2.45, 2.75) is 19.8 Å². The lowest BCUT2D eigenvalue weighted by molar-refractivity contribution is -0.116. The van der Waals surface area contributed by atoms with Gasteiger partial charge in [-0.3, -0.25) is 14.5 Å². The van der Waals surface area contributed by atoms with Gasteiger partial charge in [-0.2, -0.15) is 0 Å². The van der Waals surface area contributed by atoms with E-state index in [0.29, 0.717) is 57.7 Å². The van der Waals surface area contributed by atoms with E-state index in [-0.39, 0.29) is 17.8 Å². The van der Waals surface area contributed by atoms with E-state index < -0.39 is 0 Å². The molecule has 3 rings (SSSR count). The molecule has 1 aromatic carbocycles. The molecule has 0 aliphatic carbocycles. The normalized spacial score (nSPS) is 17.6. The summed E-state index contributed by atoms with van der Waals surface area (Å²) in [6.07, 6.45) is 0.839. The zero-order valence-electron chi connectivity index (χ0n) is 14.4. The number of hydrogen-bond acceptors (Lipinski definition) is 5. The monoisotopic (exact) mass is 345 g/mol. The van der Waals surface area contributed by atoms with E-state index in [4.69, 9.17) is 4.74 Å². The molecule has 0 aromatic heterocycles. The van der Waals surface area contributed by atoms with Crippen molar-refractivity contribution in [1.29, 1.82) is 0 Å². The number of anilines is 1. The smallest absolute Gasteiger partial charge is 0.409 e. The summed E-state index contributed by atoms with van der Waals surface area (Å²) in [5.74, 6) is 0.0790. The Kier molecular flexibility index (Phi) is 5.33. The molecule has 2 heterocycles. The van der Waals surface area contributed by atoms with E-state index in [1.54, 1.807) is 24.0 Å². The Morgan fingerprint density at radius 1 is 1.16 bits per heavy atom. The van der Waals surface area contributed by atoms with Crippen LogP contribution in [0.15, 0.2) is 18.2 Å². The SMILES string of the molecule is CCOC(=O)N1CCN(CC(=O)c2ccc3c(c2)CCC(=O)N3)CC1. The number of benzene rings is 1. The summed E-state index contributed by atoms with van der Waals surface area (Å²) in [6, 6.07) is 5.45. The average molecular weight is 345 g/mol. The number of aryl methyl sites for hydroxylation is 1. The number of ketones is 1. The zero-order chi connectivity index (χ0) is 17.8. The van der Waals surface area contributed by atoms with Crippen LogP contribution < -0.4 is 5.32 Å². The quantitative estimate of drug-likeness (QED) is 0.837. The number of piperazine rings is 1. The molecule has 0 saturated carbocycles. The third-order valence-electron chi connectivity index (χ3n) is 4.59. The van der Waals surface area contributed by atoms with Gasteiger partial charge in [0.25, 0.3) is 0 Å². The number of carbonyl (C=O) groups excluding carboxylic acids is 3. The second-order valence-electron chi connectivity index (χ2n) is 6.31. The van der Waals surface area contributed by atoms with Crippen LogP contribution in [0.3, 0.4) is 0 Å². The number of Topliss-reactive ketones (excluding diaryl/α,β-unsaturated/α-hetero) is 1. The maximum atomic E-state index is 12.5. The summed E-state index contributed by atoms with van der Waals surface area (Å²) >= 11 is 0. The highest BCUT2D eigenvalue weighted by Crippen LogP contribution is 2.24. The Hall–Kier alpha value is -2.41. The van der Waals surface area contributed by atoms with Crippen molar-refractivity contribution in [2.75, 3.05) is 44.6 Å². The van der Waals surface area contributed by atoms with E-state index in [0.717, 1.165) is 11.3 Å². The van der Waals surface area contributed by atoms with Gasteiger partial charge >= 0.3 is 6.09 Å². The largest absolute Gasteiger partial charge is 0.450 e. The lowest BCUT2D eigenvalue weighted by Crippen LogP contribution is -2.50. The molecule has 0 radical (unpaired) electrons. The Labute approximate surface area is 146 Å². The maximum Gasteiger partial charge on any atom is 0.409 e. The lowest BCUT2D eigenvalue weighted by Gasteiger charge is -2.33. The minimum Gasteiger partial charge on any atom is -0.450 e. The molecule has 2 aliphatic heterocycles. The molecule has 1 saturated heterocycles. The molecule has 2 aliphatic rings. The fraction of sp³-hybridized carbons (Fsp3) is 0.500. The van der Waals surface area contributed by atoms with Gasteiger partial charge in [-0.1, -0.05) is 0 Å². The number of nitrogens with zero attached hydrogens (tertiary/aromatic N) is 2. The Balaban J connectivity index is 1.55. The summed E-state index contributed by atoms with van der Waals surface area (Å²) < 4.78 is 5.00. The van der Waals surface area contributed by atoms with Crippen LogP contribution in [0.4, 0.5) is 10.5 Å². The van der Waals surface area contributed by atoms with Crippen molar-refractivity contribution < 1.29 is 19.1 Å². The fourth-order valence-corrected chi connectivity index (χ4v) is 3.15. The molecule has 0 spiro atoms. The minimum absolute atomic E-state index is 0.0195. The predicted molar refractivity (Wildman–Crippen MR) is 92.8 cm³/mol. The van der Waals surface area contributed by atoms with Crippen molar-refractivity contribution in [1.82, 2.24) is 9.80 Å². The molecule has 0 bridgehead atoms. The first kappa shape index (κ1) is 17.4. The second-order valence-corrected chi connectivity index (χ2v) is 6.31. The first-order valence-corrected chi connectivity index (χ1v) is 8.67. The molecule has 0 atom stereocenters. The van der Waals surface area contributed by atoms with Gasteiger partial charge in [0.2, 0.25) is 5.91 Å². The third kappa shape index (κ3) is 4.17. The molecular formula is C18H23N3O4. The third-order valence-corrected chi connectivity index (χ3v) is 4.59. The van der Waals surface area contributed by atoms with Crippen LogP contribution in [0, 0.1) is 0 Å². The second kappa shape index (κ2) is 7.65. The van der Waals surface area contributed by atoms with Crippen LogP contribution in [-0.2, 0) is 16.0 Å². The molecule has 7 heteroatoms. The van der Waals surface area contributed by atoms with Gasteiger partial charge in [-0.15, -0.1) is 0 Å². The van der Waals surface area contributed by atoms with Crippen molar-refractivity contribution in [3.63, 3.8) is 0 Å². The van der Waals surface area contributed by atoms with Crippen LogP contribution in [0.25, 0.3) is 0 Å². The zero-order valence-corrected chi connectivity index (χ0v) is 14.4. The van der Waals surface area contributed by atoms with E-state index in [9.17, 15) is 14.4 Å². The summed E-state index contributed by atoms with van der Waals surface area (Å²) in [5, 5.41) is 2.82. The summed E-state index contributed by atoms with van der Waals surface area (Å²) in [5.41, 5.74) is 2.48. The van der Waals surface area contributed by atoms with Gasteiger partial charge in [0, 0.05) is 43.9 Å². The average Bonchev–Trinajstić information content (AvgIpc) is 2.62. The van der Waals surface area contributed by atoms with Gasteiger partial charge in [0.15, 0.2) is 5.78 Å². The Morgan fingerprint density at radius 3 is 2.64 bits per heavy atom. The number of amides is 2. The first-order chi connectivity index (χ1) is 12.1. The molecule has 7 nitrogen and oxygen atoms in total. The highest BCUT2D eigenvalue weighted by molar-refractivity contribution is 6.00. The molecule has 134 valence electrons. The summed E-state index contributed by atoms with van der Waals surface area (Å²) in [4.78, 5) is 39.4. The van der Waals surface area contributed by atoms with Crippen molar-refractivity contribution in [3.05, 3.63) is 29.3 Å². The van der Waals surface area contributed by atoms with E-state index in [2.05, 4.69) is 10.2 Å². The van der Waals surface area contributed by atoms with E-state index in [1.165, 1.54) is 0 Å². The number of fused-ring (bicyclic) bond motifs is 1. The molecule has 25 heavy (non-hydrogen) atoms. The van der Waals surface area contributed by atoms with Gasteiger partial charge in [-0.05, 0) is 37.1 Å². The van der Waals surface area contributed by atoms with Crippen LogP contribution >= 0.6 is 0 Å². The van der Waals surface area contributed by atoms with Gasteiger partial charge < -0.3 is 15.0 Å². The van der Waals surface area contributed by atoms with Gasteiger partial charge in [0.05, 0.1) is 13.2 Å². The van der Waals surface area contributed by atoms with Crippen LogP contribution in [0.5, 0.6) is 0 Å². The molecule has 1 N–H and O–H groups in total. The van der Waals surface area contributed by atoms with Gasteiger partial charge in [-0.25, -0.2) is 4.79 Å². The van der Waals surface area contributed by atoms with E-state index >= 15 is 0 Å². The molecule has 2 amide bonds. The highest BCUT2D eigenvalue weighted by Gasteiger charge is 2.24. The van der Waals surface area contributed by atoms with Crippen molar-refractivity contribution in [2.24, 2.45) is 0 Å². The van der Waals surface area contributed by atoms with Crippen LogP contribution in [-0.4, -0.2) is 66.9 Å². The van der Waals surface area contributed by atoms with Crippen molar-refractivity contribution in [3.8, 4) is 0 Å². The summed E-state index contributed by atoms with van der Waals surface area (Å²) in [6.45, 7) is 4.96. The summed E-state index contributed by atoms with van der Waals surface area (Å²) in [7, 11) is 0. The van der Waals surface area contributed by atoms with Crippen LogP contribution in [0.2, 0.25) is 0 Å². The Bertz CT molecular complexity index is 681. The standard InChI is InChI=1S/C18H23N3O4/c1-2-25-18(24)21-9-7-20(8-10-21)12-16(22)14-3-5-15-13(11-14)4-6-17(23)19-15/h3,5,11H,2,4,6-10,12H2,1H3,(H,19,23). The molecular weight excluding hydrogens is 322 g/mol. The predicted octanol–water partition coefficient (Wildman–Crippen LogP) is 1.53. The number of rotatable bonds is 4. The number of ether oxygens (including phenoxy) is 1. The fourth-order valence-electron chi connectivity index (χ4n) is 3.15. The number of hydrogen-bond donors (Lipinski definition) is 1. The van der Waals surface area contributed by atoms with Gasteiger partial charge in [0.1, 0.15) is 0 Å².